The predicted molar refractivity (Wildman–Crippen MR) is 59.9 cm³/mol. The second kappa shape index (κ2) is 5.90. The zero-order valence-corrected chi connectivity index (χ0v) is 11.1. The van der Waals surface area contributed by atoms with Gasteiger partial charge in [0.25, 0.3) is 6.43 Å². The van der Waals surface area contributed by atoms with Gasteiger partial charge >= 0.3 is 12.1 Å². The Bertz CT molecular complexity index is 531. The standard InChI is InChI=1S/C11H9ClF5NO2/c1-3-4-6(12)5(10(19)20-2)7(9(13)14)18-8(4)11(15,16)17/h9H,3H2,1-2H3. The number of rotatable bonds is 3. The van der Waals surface area contributed by atoms with Crippen LogP contribution in [0.4, 0.5) is 22.0 Å². The van der Waals surface area contributed by atoms with Crippen LogP contribution in [0.3, 0.4) is 0 Å². The molecule has 1 rings (SSSR count). The van der Waals surface area contributed by atoms with Crippen LogP contribution in [0.15, 0.2) is 0 Å². The maximum Gasteiger partial charge on any atom is 0.433 e. The lowest BCUT2D eigenvalue weighted by atomic mass is 10.0. The Kier molecular flexibility index (Phi) is 4.90. The van der Waals surface area contributed by atoms with E-state index in [0.29, 0.717) is 0 Å². The van der Waals surface area contributed by atoms with Crippen LogP contribution in [0.25, 0.3) is 0 Å². The van der Waals surface area contributed by atoms with E-state index in [0.717, 1.165) is 7.11 Å². The molecule has 0 spiro atoms. The third-order valence-corrected chi connectivity index (χ3v) is 2.89. The SMILES string of the molecule is CCc1c(C(F)(F)F)nc(C(F)F)c(C(=O)OC)c1Cl. The van der Waals surface area contributed by atoms with E-state index in [1.807, 2.05) is 0 Å². The zero-order chi connectivity index (χ0) is 15.7. The van der Waals surface area contributed by atoms with Crippen molar-refractivity contribution in [3.8, 4) is 0 Å². The van der Waals surface area contributed by atoms with Gasteiger partial charge in [-0.1, -0.05) is 18.5 Å². The molecule has 20 heavy (non-hydrogen) atoms. The minimum absolute atomic E-state index is 0.228. The zero-order valence-electron chi connectivity index (χ0n) is 10.3. The number of carbonyl (C=O) groups is 1. The number of aromatic nitrogens is 1. The van der Waals surface area contributed by atoms with Gasteiger partial charge in [-0.15, -0.1) is 0 Å². The molecular formula is C11H9ClF5NO2. The van der Waals surface area contributed by atoms with Crippen molar-refractivity contribution in [2.75, 3.05) is 7.11 Å². The van der Waals surface area contributed by atoms with E-state index in [9.17, 15) is 26.7 Å². The van der Waals surface area contributed by atoms with Crippen LogP contribution >= 0.6 is 11.6 Å². The highest BCUT2D eigenvalue weighted by atomic mass is 35.5. The fraction of sp³-hybridized carbons (Fsp3) is 0.455. The van der Waals surface area contributed by atoms with Gasteiger partial charge in [0.05, 0.1) is 12.1 Å². The van der Waals surface area contributed by atoms with E-state index in [4.69, 9.17) is 11.6 Å². The van der Waals surface area contributed by atoms with Crippen molar-refractivity contribution < 1.29 is 31.5 Å². The van der Waals surface area contributed by atoms with Crippen molar-refractivity contribution in [1.82, 2.24) is 4.98 Å². The van der Waals surface area contributed by atoms with E-state index in [2.05, 4.69) is 9.72 Å². The summed E-state index contributed by atoms with van der Waals surface area (Å²) in [6, 6.07) is 0. The molecule has 1 aromatic heterocycles. The van der Waals surface area contributed by atoms with Crippen molar-refractivity contribution in [1.29, 1.82) is 0 Å². The van der Waals surface area contributed by atoms with E-state index in [1.54, 1.807) is 0 Å². The molecule has 112 valence electrons. The van der Waals surface area contributed by atoms with Crippen LogP contribution in [-0.4, -0.2) is 18.1 Å². The quantitative estimate of drug-likeness (QED) is 0.624. The summed E-state index contributed by atoms with van der Waals surface area (Å²) in [5.74, 6) is -1.26. The summed E-state index contributed by atoms with van der Waals surface area (Å²) in [6.07, 6.45) is -8.57. The van der Waals surface area contributed by atoms with Gasteiger partial charge in [-0.25, -0.2) is 18.6 Å². The lowest BCUT2D eigenvalue weighted by Crippen LogP contribution is -2.19. The van der Waals surface area contributed by atoms with Crippen LogP contribution in [0.1, 0.15) is 40.7 Å². The van der Waals surface area contributed by atoms with Gasteiger partial charge in [-0.2, -0.15) is 13.2 Å². The largest absolute Gasteiger partial charge is 0.465 e. The molecular weight excluding hydrogens is 309 g/mol. The Morgan fingerprint density at radius 3 is 2.30 bits per heavy atom. The lowest BCUT2D eigenvalue weighted by Gasteiger charge is -2.17. The Morgan fingerprint density at radius 1 is 1.40 bits per heavy atom. The minimum atomic E-state index is -4.95. The first kappa shape index (κ1) is 16.6. The summed E-state index contributed by atoms with van der Waals surface area (Å²) in [4.78, 5) is 14.3. The Morgan fingerprint density at radius 2 is 1.95 bits per heavy atom. The van der Waals surface area contributed by atoms with Crippen molar-refractivity contribution in [3.63, 3.8) is 0 Å². The molecule has 1 heterocycles. The average molecular weight is 318 g/mol. The Hall–Kier alpha value is -1.44. The number of carbonyl (C=O) groups excluding carboxylic acids is 1. The normalized spacial score (nSPS) is 11.8. The van der Waals surface area contributed by atoms with Gasteiger partial charge < -0.3 is 4.74 Å². The van der Waals surface area contributed by atoms with Crippen LogP contribution in [-0.2, 0) is 17.3 Å². The molecule has 0 atom stereocenters. The number of methoxy groups -OCH3 is 1. The summed E-state index contributed by atoms with van der Waals surface area (Å²) in [5, 5.41) is -0.711. The maximum atomic E-state index is 12.8. The second-order valence-corrected chi connectivity index (χ2v) is 4.03. The molecule has 0 aliphatic carbocycles. The molecule has 0 aromatic carbocycles. The maximum absolute atomic E-state index is 12.8. The van der Waals surface area contributed by atoms with Crippen LogP contribution in [0, 0.1) is 0 Å². The fourth-order valence-corrected chi connectivity index (χ4v) is 2.02. The number of pyridine rings is 1. The van der Waals surface area contributed by atoms with Crippen molar-refractivity contribution in [2.45, 2.75) is 25.9 Å². The summed E-state index contributed by atoms with van der Waals surface area (Å²) >= 11 is 5.67. The molecule has 0 N–H and O–H groups in total. The number of nitrogens with zero attached hydrogens (tertiary/aromatic N) is 1. The van der Waals surface area contributed by atoms with Gasteiger partial charge in [-0.3, -0.25) is 0 Å². The van der Waals surface area contributed by atoms with Crippen molar-refractivity contribution in [3.05, 3.63) is 27.5 Å². The second-order valence-electron chi connectivity index (χ2n) is 3.66. The van der Waals surface area contributed by atoms with Crippen molar-refractivity contribution in [2.24, 2.45) is 0 Å². The first-order valence-corrected chi connectivity index (χ1v) is 5.68. The molecule has 9 heteroatoms. The molecule has 0 aliphatic rings. The van der Waals surface area contributed by atoms with Crippen LogP contribution in [0.5, 0.6) is 0 Å². The molecule has 0 fully saturated rings. The van der Waals surface area contributed by atoms with E-state index >= 15 is 0 Å². The Balaban J connectivity index is 3.75. The summed E-state index contributed by atoms with van der Waals surface area (Å²) < 4.78 is 68.3. The van der Waals surface area contributed by atoms with Gasteiger partial charge in [0.15, 0.2) is 0 Å². The summed E-state index contributed by atoms with van der Waals surface area (Å²) in [7, 11) is 0.900. The first-order valence-electron chi connectivity index (χ1n) is 5.31. The van der Waals surface area contributed by atoms with Gasteiger partial charge in [0.1, 0.15) is 17.0 Å². The number of hydrogen-bond donors (Lipinski definition) is 0. The summed E-state index contributed by atoms with van der Waals surface area (Å²) in [6.45, 7) is 1.33. The molecule has 1 aromatic rings. The minimum Gasteiger partial charge on any atom is -0.465 e. The first-order chi connectivity index (χ1) is 9.15. The molecule has 0 saturated carbocycles. The number of ether oxygens (including phenoxy) is 1. The highest BCUT2D eigenvalue weighted by Crippen LogP contribution is 2.38. The van der Waals surface area contributed by atoms with Gasteiger partial charge in [0.2, 0.25) is 0 Å². The number of halogens is 6. The molecule has 0 saturated heterocycles. The third kappa shape index (κ3) is 3.00. The third-order valence-electron chi connectivity index (χ3n) is 2.48. The highest BCUT2D eigenvalue weighted by Gasteiger charge is 2.39. The van der Waals surface area contributed by atoms with Gasteiger partial charge in [0, 0.05) is 5.56 Å². The average Bonchev–Trinajstić information content (AvgIpc) is 2.35. The highest BCUT2D eigenvalue weighted by molar-refractivity contribution is 6.34. The number of hydrogen-bond acceptors (Lipinski definition) is 3. The van der Waals surface area contributed by atoms with Crippen LogP contribution < -0.4 is 0 Å². The fourth-order valence-electron chi connectivity index (χ4n) is 1.62. The van der Waals surface area contributed by atoms with Gasteiger partial charge in [-0.05, 0) is 6.42 Å². The molecule has 0 unspecified atom stereocenters. The molecule has 0 bridgehead atoms. The summed E-state index contributed by atoms with van der Waals surface area (Å²) in [5.41, 5.74) is -4.22. The van der Waals surface area contributed by atoms with E-state index in [-0.39, 0.29) is 6.42 Å². The van der Waals surface area contributed by atoms with E-state index < -0.39 is 46.1 Å². The predicted octanol–water partition coefficient (Wildman–Crippen LogP) is 4.04. The lowest BCUT2D eigenvalue weighted by molar-refractivity contribution is -0.142. The van der Waals surface area contributed by atoms with E-state index in [1.165, 1.54) is 6.92 Å². The Labute approximate surface area is 115 Å². The molecule has 0 amide bonds. The molecule has 0 radical (unpaired) electrons. The van der Waals surface area contributed by atoms with Crippen molar-refractivity contribution >= 4 is 17.6 Å². The number of esters is 1. The smallest absolute Gasteiger partial charge is 0.433 e. The molecule has 0 aliphatic heterocycles. The van der Waals surface area contributed by atoms with Crippen LogP contribution in [0.2, 0.25) is 5.02 Å². The molecule has 3 nitrogen and oxygen atoms in total. The number of alkyl halides is 5. The topological polar surface area (TPSA) is 39.2 Å². The monoisotopic (exact) mass is 317 g/mol.